The van der Waals surface area contributed by atoms with E-state index in [9.17, 15) is 13.2 Å². The van der Waals surface area contributed by atoms with Crippen LogP contribution in [0.1, 0.15) is 24.0 Å². The summed E-state index contributed by atoms with van der Waals surface area (Å²) in [4.78, 5) is 14.7. The maximum absolute atomic E-state index is 12.9. The molecule has 1 aliphatic heterocycles. The molecule has 5 heteroatoms. The van der Waals surface area contributed by atoms with E-state index in [1.54, 1.807) is 0 Å². The molecule has 138 valence electrons. The van der Waals surface area contributed by atoms with Crippen molar-refractivity contribution in [3.8, 4) is 0 Å². The molecule has 1 aliphatic rings. The third-order valence-corrected chi connectivity index (χ3v) is 6.71. The minimum atomic E-state index is -2.95. The standard InChI is InChI=1S/C21H25NO3S/c23-21(15-20-12-14-26(24,25)17-20)22(16-19-9-5-2-6-10-19)13-11-18-7-3-1-4-8-18/h1-10,20H,11-17H2. The predicted octanol–water partition coefficient (Wildman–Crippen LogP) is 3.08. The first-order chi connectivity index (χ1) is 12.5. The van der Waals surface area contributed by atoms with Gasteiger partial charge in [0.25, 0.3) is 0 Å². The van der Waals surface area contributed by atoms with Crippen molar-refractivity contribution in [1.29, 1.82) is 0 Å². The first-order valence-corrected chi connectivity index (χ1v) is 10.9. The molecule has 1 amide bonds. The Bertz CT molecular complexity index is 819. The monoisotopic (exact) mass is 371 g/mol. The Balaban J connectivity index is 1.66. The molecule has 2 aromatic rings. The Kier molecular flexibility index (Phi) is 6.09. The summed E-state index contributed by atoms with van der Waals surface area (Å²) in [6.07, 6.45) is 1.72. The molecular formula is C21H25NO3S. The summed E-state index contributed by atoms with van der Waals surface area (Å²) in [6.45, 7) is 1.20. The molecule has 1 heterocycles. The maximum Gasteiger partial charge on any atom is 0.223 e. The Labute approximate surface area is 155 Å². The van der Waals surface area contributed by atoms with Crippen LogP contribution in [0.2, 0.25) is 0 Å². The van der Waals surface area contributed by atoms with Crippen LogP contribution in [0.4, 0.5) is 0 Å². The number of carbonyl (C=O) groups is 1. The van der Waals surface area contributed by atoms with Crippen molar-refractivity contribution in [2.75, 3.05) is 18.1 Å². The van der Waals surface area contributed by atoms with Crippen molar-refractivity contribution in [1.82, 2.24) is 4.90 Å². The van der Waals surface area contributed by atoms with Crippen LogP contribution in [0.3, 0.4) is 0 Å². The predicted molar refractivity (Wildman–Crippen MR) is 103 cm³/mol. The molecule has 0 radical (unpaired) electrons. The number of amides is 1. The lowest BCUT2D eigenvalue weighted by Gasteiger charge is -2.24. The van der Waals surface area contributed by atoms with Gasteiger partial charge in [0.15, 0.2) is 9.84 Å². The molecule has 0 N–H and O–H groups in total. The second kappa shape index (κ2) is 8.49. The van der Waals surface area contributed by atoms with Crippen LogP contribution in [-0.4, -0.2) is 37.3 Å². The highest BCUT2D eigenvalue weighted by atomic mass is 32.2. The summed E-state index contributed by atoms with van der Waals surface area (Å²) in [5.41, 5.74) is 2.29. The Morgan fingerprint density at radius 1 is 0.962 bits per heavy atom. The highest BCUT2D eigenvalue weighted by Gasteiger charge is 2.30. The van der Waals surface area contributed by atoms with E-state index in [0.29, 0.717) is 25.9 Å². The van der Waals surface area contributed by atoms with Gasteiger partial charge >= 0.3 is 0 Å². The van der Waals surface area contributed by atoms with E-state index in [2.05, 4.69) is 12.1 Å². The molecule has 26 heavy (non-hydrogen) atoms. The Hall–Kier alpha value is -2.14. The van der Waals surface area contributed by atoms with Gasteiger partial charge in [-0.25, -0.2) is 8.42 Å². The molecule has 0 aliphatic carbocycles. The van der Waals surface area contributed by atoms with Crippen molar-refractivity contribution < 1.29 is 13.2 Å². The first kappa shape index (κ1) is 18.6. The molecule has 3 rings (SSSR count). The molecule has 2 aromatic carbocycles. The number of nitrogens with zero attached hydrogens (tertiary/aromatic N) is 1. The van der Waals surface area contributed by atoms with Crippen molar-refractivity contribution in [2.45, 2.75) is 25.8 Å². The second-order valence-corrected chi connectivity index (χ2v) is 9.24. The fourth-order valence-electron chi connectivity index (χ4n) is 3.41. The van der Waals surface area contributed by atoms with E-state index in [-0.39, 0.29) is 23.3 Å². The zero-order chi connectivity index (χ0) is 18.4. The van der Waals surface area contributed by atoms with Gasteiger partial charge in [-0.2, -0.15) is 0 Å². The summed E-state index contributed by atoms with van der Waals surface area (Å²) in [6, 6.07) is 20.1. The maximum atomic E-state index is 12.9. The van der Waals surface area contributed by atoms with Gasteiger partial charge < -0.3 is 4.90 Å². The van der Waals surface area contributed by atoms with Crippen LogP contribution in [0.25, 0.3) is 0 Å². The quantitative estimate of drug-likeness (QED) is 0.752. The lowest BCUT2D eigenvalue weighted by Crippen LogP contribution is -2.34. The van der Waals surface area contributed by atoms with E-state index >= 15 is 0 Å². The number of carbonyl (C=O) groups excluding carboxylic acids is 1. The van der Waals surface area contributed by atoms with Gasteiger partial charge in [-0.1, -0.05) is 60.7 Å². The summed E-state index contributed by atoms with van der Waals surface area (Å²) in [5, 5.41) is 0. The van der Waals surface area contributed by atoms with Gasteiger partial charge in [0, 0.05) is 19.5 Å². The second-order valence-electron chi connectivity index (χ2n) is 7.01. The topological polar surface area (TPSA) is 54.5 Å². The normalized spacial score (nSPS) is 18.5. The first-order valence-electron chi connectivity index (χ1n) is 9.08. The van der Waals surface area contributed by atoms with Gasteiger partial charge in [-0.05, 0) is 29.9 Å². The van der Waals surface area contributed by atoms with Crippen molar-refractivity contribution >= 4 is 15.7 Å². The molecule has 0 bridgehead atoms. The van der Waals surface area contributed by atoms with Crippen molar-refractivity contribution in [3.63, 3.8) is 0 Å². The van der Waals surface area contributed by atoms with Gasteiger partial charge in [-0.3, -0.25) is 4.79 Å². The molecular weight excluding hydrogens is 346 g/mol. The van der Waals surface area contributed by atoms with E-state index in [1.165, 1.54) is 5.56 Å². The summed E-state index contributed by atoms with van der Waals surface area (Å²) in [5.74, 6) is 0.374. The summed E-state index contributed by atoms with van der Waals surface area (Å²) >= 11 is 0. The van der Waals surface area contributed by atoms with Crippen LogP contribution in [0.15, 0.2) is 60.7 Å². The minimum Gasteiger partial charge on any atom is -0.338 e. The fraction of sp³-hybridized carbons (Fsp3) is 0.381. The van der Waals surface area contributed by atoms with E-state index in [1.807, 2.05) is 53.4 Å². The highest BCUT2D eigenvalue weighted by Crippen LogP contribution is 2.23. The van der Waals surface area contributed by atoms with Crippen LogP contribution < -0.4 is 0 Å². The molecule has 1 saturated heterocycles. The van der Waals surface area contributed by atoms with E-state index in [0.717, 1.165) is 12.0 Å². The van der Waals surface area contributed by atoms with Gasteiger partial charge in [0.2, 0.25) is 5.91 Å². The lowest BCUT2D eigenvalue weighted by atomic mass is 10.0. The SMILES string of the molecule is O=C(CC1CCS(=O)(=O)C1)N(CCc1ccccc1)Cc1ccccc1. The molecule has 0 spiro atoms. The average Bonchev–Trinajstić information content (AvgIpc) is 2.98. The van der Waals surface area contributed by atoms with E-state index < -0.39 is 9.84 Å². The van der Waals surface area contributed by atoms with Crippen LogP contribution in [-0.2, 0) is 27.6 Å². The minimum absolute atomic E-state index is 0.0394. The fourth-order valence-corrected chi connectivity index (χ4v) is 5.28. The van der Waals surface area contributed by atoms with Crippen molar-refractivity contribution in [3.05, 3.63) is 71.8 Å². The smallest absolute Gasteiger partial charge is 0.223 e. The number of hydrogen-bond donors (Lipinski definition) is 0. The zero-order valence-corrected chi connectivity index (χ0v) is 15.7. The highest BCUT2D eigenvalue weighted by molar-refractivity contribution is 7.91. The van der Waals surface area contributed by atoms with Crippen LogP contribution in [0, 0.1) is 5.92 Å². The largest absolute Gasteiger partial charge is 0.338 e. The molecule has 1 unspecified atom stereocenters. The average molecular weight is 372 g/mol. The van der Waals surface area contributed by atoms with Crippen LogP contribution in [0.5, 0.6) is 0 Å². The lowest BCUT2D eigenvalue weighted by molar-refractivity contribution is -0.132. The molecule has 1 atom stereocenters. The third kappa shape index (κ3) is 5.43. The number of rotatable bonds is 7. The Morgan fingerprint density at radius 2 is 1.58 bits per heavy atom. The van der Waals surface area contributed by atoms with Crippen molar-refractivity contribution in [2.24, 2.45) is 5.92 Å². The van der Waals surface area contributed by atoms with Gasteiger partial charge in [-0.15, -0.1) is 0 Å². The van der Waals surface area contributed by atoms with Crippen LogP contribution >= 0.6 is 0 Å². The molecule has 1 fully saturated rings. The number of sulfone groups is 1. The zero-order valence-electron chi connectivity index (χ0n) is 14.9. The van der Waals surface area contributed by atoms with Gasteiger partial charge in [0.05, 0.1) is 11.5 Å². The summed E-state index contributed by atoms with van der Waals surface area (Å²) in [7, 11) is -2.95. The molecule has 0 aromatic heterocycles. The third-order valence-electron chi connectivity index (χ3n) is 4.87. The molecule has 4 nitrogen and oxygen atoms in total. The Morgan fingerprint density at radius 3 is 2.15 bits per heavy atom. The van der Waals surface area contributed by atoms with Gasteiger partial charge in [0.1, 0.15) is 0 Å². The summed E-state index contributed by atoms with van der Waals surface area (Å²) < 4.78 is 23.3. The van der Waals surface area contributed by atoms with E-state index in [4.69, 9.17) is 0 Å². The number of benzene rings is 2. The number of hydrogen-bond acceptors (Lipinski definition) is 3. The molecule has 0 saturated carbocycles.